The van der Waals surface area contributed by atoms with Gasteiger partial charge in [0.15, 0.2) is 0 Å². The van der Waals surface area contributed by atoms with Crippen LogP contribution in [0.1, 0.15) is 49.4 Å². The molecule has 0 saturated heterocycles. The number of carbonyl (C=O) groups is 2. The molecule has 7 nitrogen and oxygen atoms in total. The maximum absolute atomic E-state index is 14.2. The van der Waals surface area contributed by atoms with Gasteiger partial charge in [-0.05, 0) is 94.1 Å². The summed E-state index contributed by atoms with van der Waals surface area (Å²) in [6.45, 7) is 10.6. The fraction of sp³-hybridized carbons (Fsp3) is 0.355. The van der Waals surface area contributed by atoms with Crippen molar-refractivity contribution in [2.24, 2.45) is 0 Å². The second-order valence-electron chi connectivity index (χ2n) is 10.5. The first kappa shape index (κ1) is 32.4. The highest BCUT2D eigenvalue weighted by Gasteiger charge is 2.34. The number of halogens is 2. The van der Waals surface area contributed by atoms with E-state index in [2.05, 4.69) is 5.32 Å². The zero-order chi connectivity index (χ0) is 30.5. The van der Waals surface area contributed by atoms with Gasteiger partial charge in [-0.2, -0.15) is 0 Å². The van der Waals surface area contributed by atoms with Crippen molar-refractivity contribution in [2.75, 3.05) is 10.8 Å². The summed E-state index contributed by atoms with van der Waals surface area (Å²) in [5.41, 5.74) is 3.64. The van der Waals surface area contributed by atoms with Gasteiger partial charge in [-0.3, -0.25) is 13.9 Å². The van der Waals surface area contributed by atoms with E-state index in [1.807, 2.05) is 47.6 Å². The Balaban J connectivity index is 2.11. The second-order valence-corrected chi connectivity index (χ2v) is 13.2. The van der Waals surface area contributed by atoms with Gasteiger partial charge in [0.25, 0.3) is 10.0 Å². The highest BCUT2D eigenvalue weighted by atomic mass is 35.5. The van der Waals surface area contributed by atoms with E-state index >= 15 is 0 Å². The van der Waals surface area contributed by atoms with Crippen LogP contribution in [0.15, 0.2) is 65.6 Å². The Labute approximate surface area is 253 Å². The lowest BCUT2D eigenvalue weighted by atomic mass is 10.1. The lowest BCUT2D eigenvalue weighted by molar-refractivity contribution is -0.140. The fourth-order valence-corrected chi connectivity index (χ4v) is 6.31. The first-order valence-electron chi connectivity index (χ1n) is 13.4. The van der Waals surface area contributed by atoms with E-state index in [9.17, 15) is 18.0 Å². The van der Waals surface area contributed by atoms with Gasteiger partial charge in [-0.15, -0.1) is 0 Å². The van der Waals surface area contributed by atoms with Gasteiger partial charge in [0.2, 0.25) is 11.8 Å². The summed E-state index contributed by atoms with van der Waals surface area (Å²) in [6, 6.07) is 15.9. The number of carbonyl (C=O) groups excluding carboxylic acids is 2. The number of amides is 2. The van der Waals surface area contributed by atoms with Gasteiger partial charge in [0.1, 0.15) is 12.6 Å². The van der Waals surface area contributed by atoms with Crippen molar-refractivity contribution in [3.63, 3.8) is 0 Å². The number of aryl methyl sites for hydroxylation is 3. The maximum atomic E-state index is 14.2. The van der Waals surface area contributed by atoms with Crippen LogP contribution in [0.5, 0.6) is 0 Å². The minimum absolute atomic E-state index is 0.0327. The molecule has 0 spiro atoms. The number of anilines is 1. The molecule has 10 heteroatoms. The van der Waals surface area contributed by atoms with Gasteiger partial charge in [-0.1, -0.05) is 60.0 Å². The molecular formula is C31H37Cl2N3O4S. The van der Waals surface area contributed by atoms with Gasteiger partial charge in [0, 0.05) is 12.6 Å². The minimum atomic E-state index is -4.14. The molecule has 0 unspecified atom stereocenters. The summed E-state index contributed by atoms with van der Waals surface area (Å²) in [5.74, 6) is -0.855. The van der Waals surface area contributed by atoms with Crippen molar-refractivity contribution in [3.8, 4) is 0 Å². The van der Waals surface area contributed by atoms with Crippen LogP contribution in [0.25, 0.3) is 0 Å². The average molecular weight is 619 g/mol. The topological polar surface area (TPSA) is 86.8 Å². The SMILES string of the molecule is CC[C@H](C(=O)NC(C)C)N(Cc1ccc(Cl)c(Cl)c1)C(=O)CN(c1cc(C)cc(C)c1)S(=O)(=O)c1ccc(C)cc1. The molecule has 0 aliphatic rings. The lowest BCUT2D eigenvalue weighted by Gasteiger charge is -2.33. The van der Waals surface area contributed by atoms with Crippen LogP contribution >= 0.6 is 23.2 Å². The van der Waals surface area contributed by atoms with E-state index < -0.39 is 28.5 Å². The highest BCUT2D eigenvalue weighted by molar-refractivity contribution is 7.92. The summed E-state index contributed by atoms with van der Waals surface area (Å²) in [6.07, 6.45) is 0.319. The Morgan fingerprint density at radius 2 is 1.46 bits per heavy atom. The Morgan fingerprint density at radius 3 is 2.00 bits per heavy atom. The Kier molecular flexibility index (Phi) is 10.9. The molecule has 0 heterocycles. The van der Waals surface area contributed by atoms with Gasteiger partial charge in [0.05, 0.1) is 20.6 Å². The van der Waals surface area contributed by atoms with Crippen LogP contribution in [-0.4, -0.2) is 43.8 Å². The van der Waals surface area contributed by atoms with E-state index in [1.165, 1.54) is 17.0 Å². The molecule has 1 N–H and O–H groups in total. The zero-order valence-electron chi connectivity index (χ0n) is 24.2. The molecule has 3 aromatic rings. The standard InChI is InChI=1S/C31H37Cl2N3O4S/c1-7-29(31(38)34-20(2)3)35(18-24-10-13-27(32)28(33)17-24)30(37)19-36(25-15-22(5)14-23(6)16-25)41(39,40)26-11-8-21(4)9-12-26/h8-17,20,29H,7,18-19H2,1-6H3,(H,34,38)/t29-/m1/s1. The molecule has 0 bridgehead atoms. The number of nitrogens with one attached hydrogen (secondary N) is 1. The zero-order valence-corrected chi connectivity index (χ0v) is 26.6. The molecule has 0 aromatic heterocycles. The molecule has 0 fully saturated rings. The summed E-state index contributed by atoms with van der Waals surface area (Å²) in [5, 5.41) is 3.56. The summed E-state index contributed by atoms with van der Waals surface area (Å²) >= 11 is 12.4. The number of hydrogen-bond donors (Lipinski definition) is 1. The van der Waals surface area contributed by atoms with Crippen molar-refractivity contribution < 1.29 is 18.0 Å². The second kappa shape index (κ2) is 13.7. The smallest absolute Gasteiger partial charge is 0.264 e. The monoisotopic (exact) mass is 617 g/mol. The lowest BCUT2D eigenvalue weighted by Crippen LogP contribution is -2.53. The first-order valence-corrected chi connectivity index (χ1v) is 15.6. The van der Waals surface area contributed by atoms with Crippen molar-refractivity contribution in [3.05, 3.63) is 93.0 Å². The molecule has 41 heavy (non-hydrogen) atoms. The molecule has 1 atom stereocenters. The Hall–Kier alpha value is -3.07. The van der Waals surface area contributed by atoms with E-state index in [1.54, 1.807) is 42.5 Å². The molecule has 3 rings (SSSR count). The van der Waals surface area contributed by atoms with Crippen LogP contribution in [0, 0.1) is 20.8 Å². The van der Waals surface area contributed by atoms with E-state index in [0.29, 0.717) is 27.7 Å². The van der Waals surface area contributed by atoms with Crippen LogP contribution in [0.3, 0.4) is 0 Å². The van der Waals surface area contributed by atoms with Gasteiger partial charge >= 0.3 is 0 Å². The van der Waals surface area contributed by atoms with Crippen LogP contribution in [-0.2, 0) is 26.2 Å². The third-order valence-corrected chi connectivity index (χ3v) is 9.06. The third kappa shape index (κ3) is 8.24. The number of benzene rings is 3. The maximum Gasteiger partial charge on any atom is 0.264 e. The van der Waals surface area contributed by atoms with Crippen LogP contribution in [0.2, 0.25) is 10.0 Å². The largest absolute Gasteiger partial charge is 0.352 e. The minimum Gasteiger partial charge on any atom is -0.352 e. The Morgan fingerprint density at radius 1 is 0.854 bits per heavy atom. The molecule has 0 aliphatic heterocycles. The normalized spacial score (nSPS) is 12.2. The highest BCUT2D eigenvalue weighted by Crippen LogP contribution is 2.28. The summed E-state index contributed by atoms with van der Waals surface area (Å²) < 4.78 is 29.2. The van der Waals surface area contributed by atoms with Crippen molar-refractivity contribution >= 4 is 50.7 Å². The van der Waals surface area contributed by atoms with E-state index in [0.717, 1.165) is 21.0 Å². The summed E-state index contributed by atoms with van der Waals surface area (Å²) in [4.78, 5) is 28.9. The summed E-state index contributed by atoms with van der Waals surface area (Å²) in [7, 11) is -4.14. The van der Waals surface area contributed by atoms with Crippen molar-refractivity contribution in [1.29, 1.82) is 0 Å². The molecule has 2 amide bonds. The van der Waals surface area contributed by atoms with Crippen molar-refractivity contribution in [2.45, 2.75) is 71.5 Å². The third-order valence-electron chi connectivity index (χ3n) is 6.54. The fourth-order valence-electron chi connectivity index (χ4n) is 4.60. The first-order chi connectivity index (χ1) is 19.2. The van der Waals surface area contributed by atoms with Gasteiger partial charge < -0.3 is 10.2 Å². The molecule has 0 saturated carbocycles. The molecule has 0 aliphatic carbocycles. The number of nitrogens with zero attached hydrogens (tertiary/aromatic N) is 2. The molecular weight excluding hydrogens is 581 g/mol. The number of sulfonamides is 1. The van der Waals surface area contributed by atoms with E-state index in [4.69, 9.17) is 23.2 Å². The molecule has 3 aromatic carbocycles. The van der Waals surface area contributed by atoms with Gasteiger partial charge in [-0.25, -0.2) is 8.42 Å². The average Bonchev–Trinajstić information content (AvgIpc) is 2.88. The van der Waals surface area contributed by atoms with Crippen LogP contribution in [0.4, 0.5) is 5.69 Å². The molecule has 220 valence electrons. The Bertz CT molecular complexity index is 1490. The molecule has 0 radical (unpaired) electrons. The predicted octanol–water partition coefficient (Wildman–Crippen LogP) is 6.45. The van der Waals surface area contributed by atoms with E-state index in [-0.39, 0.29) is 23.4 Å². The number of hydrogen-bond acceptors (Lipinski definition) is 4. The quantitative estimate of drug-likeness (QED) is 0.268. The van der Waals surface area contributed by atoms with Crippen LogP contribution < -0.4 is 9.62 Å². The predicted molar refractivity (Wildman–Crippen MR) is 166 cm³/mol. The van der Waals surface area contributed by atoms with Crippen molar-refractivity contribution in [1.82, 2.24) is 10.2 Å². The number of rotatable bonds is 11.